The molecular formula is C24H25NO. The fourth-order valence-corrected chi connectivity index (χ4v) is 4.15. The standard InChI is InChI=1S/C24H25NO/c1-17-8-7-13-21(18-9-3-2-4-10-18)24(17)25-16-22-20-12-6-5-11-19(20)14-15-23(22)26/h5-8,11-16,18,26H,2-4,9-10H2,1H3. The number of phenols is 1. The molecule has 0 heterocycles. The Kier molecular flexibility index (Phi) is 4.75. The highest BCUT2D eigenvalue weighted by Crippen LogP contribution is 2.39. The van der Waals surface area contributed by atoms with Crippen LogP contribution in [0, 0.1) is 6.92 Å². The Labute approximate surface area is 155 Å². The number of hydrogen-bond acceptors (Lipinski definition) is 2. The van der Waals surface area contributed by atoms with Gasteiger partial charge in [0.05, 0.1) is 5.69 Å². The van der Waals surface area contributed by atoms with Crippen LogP contribution in [-0.4, -0.2) is 11.3 Å². The lowest BCUT2D eigenvalue weighted by Crippen LogP contribution is -2.05. The first kappa shape index (κ1) is 16.8. The van der Waals surface area contributed by atoms with Gasteiger partial charge in [-0.1, -0.05) is 67.8 Å². The predicted molar refractivity (Wildman–Crippen MR) is 110 cm³/mol. The molecule has 0 unspecified atom stereocenters. The lowest BCUT2D eigenvalue weighted by atomic mass is 9.83. The number of hydrogen-bond donors (Lipinski definition) is 1. The van der Waals surface area contributed by atoms with Gasteiger partial charge in [-0.2, -0.15) is 0 Å². The topological polar surface area (TPSA) is 32.6 Å². The van der Waals surface area contributed by atoms with Crippen LogP contribution in [0.2, 0.25) is 0 Å². The van der Waals surface area contributed by atoms with Gasteiger partial charge in [-0.3, -0.25) is 4.99 Å². The fraction of sp³-hybridized carbons (Fsp3) is 0.292. The molecule has 1 aliphatic rings. The van der Waals surface area contributed by atoms with Crippen LogP contribution in [0.15, 0.2) is 59.6 Å². The van der Waals surface area contributed by atoms with Crippen molar-refractivity contribution in [3.63, 3.8) is 0 Å². The van der Waals surface area contributed by atoms with E-state index in [0.29, 0.717) is 5.92 Å². The van der Waals surface area contributed by atoms with Gasteiger partial charge in [-0.15, -0.1) is 0 Å². The van der Waals surface area contributed by atoms with E-state index in [0.717, 1.165) is 22.0 Å². The van der Waals surface area contributed by atoms with Crippen molar-refractivity contribution < 1.29 is 5.11 Å². The fourth-order valence-electron chi connectivity index (χ4n) is 4.15. The summed E-state index contributed by atoms with van der Waals surface area (Å²) in [7, 11) is 0. The normalized spacial score (nSPS) is 15.7. The summed E-state index contributed by atoms with van der Waals surface area (Å²) in [4.78, 5) is 4.88. The highest BCUT2D eigenvalue weighted by molar-refractivity contribution is 6.03. The molecule has 0 bridgehead atoms. The molecule has 0 saturated heterocycles. The first-order chi connectivity index (χ1) is 12.7. The molecule has 2 heteroatoms. The number of nitrogens with zero attached hydrogens (tertiary/aromatic N) is 1. The quantitative estimate of drug-likeness (QED) is 0.530. The Hall–Kier alpha value is -2.61. The van der Waals surface area contributed by atoms with E-state index < -0.39 is 0 Å². The molecule has 132 valence electrons. The van der Waals surface area contributed by atoms with Gasteiger partial charge in [-0.25, -0.2) is 0 Å². The van der Waals surface area contributed by atoms with Crippen molar-refractivity contribution in [3.05, 3.63) is 71.3 Å². The highest BCUT2D eigenvalue weighted by Gasteiger charge is 2.19. The lowest BCUT2D eigenvalue weighted by Gasteiger charge is -2.24. The first-order valence-corrected chi connectivity index (χ1v) is 9.58. The van der Waals surface area contributed by atoms with E-state index in [2.05, 4.69) is 31.2 Å². The third kappa shape index (κ3) is 3.24. The Morgan fingerprint density at radius 3 is 2.58 bits per heavy atom. The van der Waals surface area contributed by atoms with E-state index in [1.807, 2.05) is 30.5 Å². The van der Waals surface area contributed by atoms with E-state index in [9.17, 15) is 5.11 Å². The van der Waals surface area contributed by atoms with Gasteiger partial charge in [0.25, 0.3) is 0 Å². The maximum Gasteiger partial charge on any atom is 0.124 e. The third-order valence-corrected chi connectivity index (χ3v) is 5.58. The average Bonchev–Trinajstić information content (AvgIpc) is 2.69. The third-order valence-electron chi connectivity index (χ3n) is 5.58. The van der Waals surface area contributed by atoms with Crippen molar-refractivity contribution >= 4 is 22.7 Å². The minimum absolute atomic E-state index is 0.278. The molecule has 1 fully saturated rings. The van der Waals surface area contributed by atoms with Gasteiger partial charge in [0.15, 0.2) is 0 Å². The van der Waals surface area contributed by atoms with Gasteiger partial charge in [0.1, 0.15) is 5.75 Å². The summed E-state index contributed by atoms with van der Waals surface area (Å²) in [6.45, 7) is 2.13. The molecule has 0 aromatic heterocycles. The number of aryl methyl sites for hydroxylation is 1. The minimum atomic E-state index is 0.278. The van der Waals surface area contributed by atoms with E-state index in [1.54, 1.807) is 6.07 Å². The Bertz CT molecular complexity index is 952. The zero-order valence-electron chi connectivity index (χ0n) is 15.3. The molecule has 1 N–H and O–H groups in total. The summed E-state index contributed by atoms with van der Waals surface area (Å²) in [6.07, 6.45) is 8.33. The van der Waals surface area contributed by atoms with Crippen molar-refractivity contribution in [2.24, 2.45) is 4.99 Å². The zero-order valence-corrected chi connectivity index (χ0v) is 15.3. The smallest absolute Gasteiger partial charge is 0.124 e. The molecule has 1 aliphatic carbocycles. The summed E-state index contributed by atoms with van der Waals surface area (Å²) < 4.78 is 0. The molecule has 3 aromatic carbocycles. The summed E-state index contributed by atoms with van der Waals surface area (Å²) in [5.74, 6) is 0.886. The second kappa shape index (κ2) is 7.33. The largest absolute Gasteiger partial charge is 0.507 e. The van der Waals surface area contributed by atoms with Gasteiger partial charge in [0, 0.05) is 11.8 Å². The van der Waals surface area contributed by atoms with Crippen LogP contribution in [0.5, 0.6) is 5.75 Å². The lowest BCUT2D eigenvalue weighted by molar-refractivity contribution is 0.444. The van der Waals surface area contributed by atoms with Gasteiger partial charge in [0.2, 0.25) is 0 Å². The van der Waals surface area contributed by atoms with Crippen LogP contribution in [0.25, 0.3) is 10.8 Å². The van der Waals surface area contributed by atoms with E-state index in [4.69, 9.17) is 4.99 Å². The van der Waals surface area contributed by atoms with E-state index in [-0.39, 0.29) is 5.75 Å². The molecule has 0 aliphatic heterocycles. The second-order valence-electron chi connectivity index (χ2n) is 7.33. The Morgan fingerprint density at radius 2 is 1.73 bits per heavy atom. The summed E-state index contributed by atoms with van der Waals surface area (Å²) >= 11 is 0. The molecule has 0 radical (unpaired) electrons. The van der Waals surface area contributed by atoms with Crippen molar-refractivity contribution in [1.82, 2.24) is 0 Å². The molecule has 0 amide bonds. The van der Waals surface area contributed by atoms with Gasteiger partial charge < -0.3 is 5.11 Å². The molecule has 0 atom stereocenters. The molecule has 26 heavy (non-hydrogen) atoms. The summed E-state index contributed by atoms with van der Waals surface area (Å²) in [5, 5.41) is 12.5. The maximum absolute atomic E-state index is 10.4. The van der Waals surface area contributed by atoms with Crippen molar-refractivity contribution in [2.45, 2.75) is 44.9 Å². The monoisotopic (exact) mass is 343 g/mol. The molecular weight excluding hydrogens is 318 g/mol. The molecule has 0 spiro atoms. The number of aliphatic imine (C=N–C) groups is 1. The molecule has 4 rings (SSSR count). The van der Waals surface area contributed by atoms with Crippen LogP contribution in [0.3, 0.4) is 0 Å². The highest BCUT2D eigenvalue weighted by atomic mass is 16.3. The number of benzene rings is 3. The van der Waals surface area contributed by atoms with Crippen LogP contribution in [-0.2, 0) is 0 Å². The van der Waals surface area contributed by atoms with Gasteiger partial charge >= 0.3 is 0 Å². The van der Waals surface area contributed by atoms with E-state index in [1.165, 1.54) is 43.2 Å². The van der Waals surface area contributed by atoms with Crippen LogP contribution in [0.1, 0.15) is 54.7 Å². The number of rotatable bonds is 3. The number of para-hydroxylation sites is 1. The maximum atomic E-state index is 10.4. The van der Waals surface area contributed by atoms with Crippen molar-refractivity contribution in [1.29, 1.82) is 0 Å². The Balaban J connectivity index is 1.77. The zero-order chi connectivity index (χ0) is 17.9. The van der Waals surface area contributed by atoms with Crippen LogP contribution >= 0.6 is 0 Å². The van der Waals surface area contributed by atoms with Crippen LogP contribution < -0.4 is 0 Å². The summed E-state index contributed by atoms with van der Waals surface area (Å²) in [6, 6.07) is 18.3. The number of phenolic OH excluding ortho intramolecular Hbond substituents is 1. The molecule has 3 aromatic rings. The SMILES string of the molecule is Cc1cccc(C2CCCCC2)c1N=Cc1c(O)ccc2ccccc12. The predicted octanol–water partition coefficient (Wildman–Crippen LogP) is 6.65. The number of aromatic hydroxyl groups is 1. The Morgan fingerprint density at radius 1 is 0.923 bits per heavy atom. The second-order valence-corrected chi connectivity index (χ2v) is 7.33. The first-order valence-electron chi connectivity index (χ1n) is 9.58. The van der Waals surface area contributed by atoms with Crippen molar-refractivity contribution in [2.75, 3.05) is 0 Å². The van der Waals surface area contributed by atoms with Crippen LogP contribution in [0.4, 0.5) is 5.69 Å². The summed E-state index contributed by atoms with van der Waals surface area (Å²) in [5.41, 5.74) is 4.43. The molecule has 1 saturated carbocycles. The van der Waals surface area contributed by atoms with E-state index >= 15 is 0 Å². The average molecular weight is 343 g/mol. The molecule has 2 nitrogen and oxygen atoms in total. The minimum Gasteiger partial charge on any atom is -0.507 e. The van der Waals surface area contributed by atoms with Crippen molar-refractivity contribution in [3.8, 4) is 5.75 Å². The number of fused-ring (bicyclic) bond motifs is 1. The van der Waals surface area contributed by atoms with Gasteiger partial charge in [-0.05, 0) is 53.6 Å².